The molecule has 0 spiro atoms. The summed E-state index contributed by atoms with van der Waals surface area (Å²) in [7, 11) is 0. The quantitative estimate of drug-likeness (QED) is 0.449. The highest BCUT2D eigenvalue weighted by Crippen LogP contribution is 2.01. The van der Waals surface area contributed by atoms with Crippen molar-refractivity contribution < 1.29 is 14.4 Å². The van der Waals surface area contributed by atoms with Crippen LogP contribution in [0.5, 0.6) is 0 Å². The molecule has 60 valence electrons. The van der Waals surface area contributed by atoms with Gasteiger partial charge in [-0.25, -0.2) is 0 Å². The van der Waals surface area contributed by atoms with E-state index in [1.165, 1.54) is 6.92 Å². The zero-order chi connectivity index (χ0) is 8.43. The number of rotatable bonds is 1. The van der Waals surface area contributed by atoms with Gasteiger partial charge in [0.1, 0.15) is 0 Å². The molecule has 1 rings (SSSR count). The number of carbonyl (C=O) groups is 3. The van der Waals surface area contributed by atoms with Gasteiger partial charge in [-0.2, -0.15) is 0 Å². The van der Waals surface area contributed by atoms with Gasteiger partial charge in [-0.05, 0) is 6.92 Å². The maximum Gasteiger partial charge on any atom is 0.241 e. The average Bonchev–Trinajstić information content (AvgIpc) is 1.85. The Morgan fingerprint density at radius 2 is 1.82 bits per heavy atom. The highest BCUT2D eigenvalue weighted by atomic mass is 16.2. The molecule has 0 aromatic rings. The van der Waals surface area contributed by atoms with Crippen LogP contribution in [0, 0.1) is 5.92 Å². The zero-order valence-electron chi connectivity index (χ0n) is 6.01. The van der Waals surface area contributed by atoms with E-state index in [0.29, 0.717) is 0 Å². The summed E-state index contributed by atoms with van der Waals surface area (Å²) >= 11 is 0. The first-order valence-electron chi connectivity index (χ1n) is 3.19. The van der Waals surface area contributed by atoms with Crippen LogP contribution in [0.1, 0.15) is 6.92 Å². The van der Waals surface area contributed by atoms with Gasteiger partial charge in [0.05, 0.1) is 6.67 Å². The molecule has 5 nitrogen and oxygen atoms in total. The highest BCUT2D eigenvalue weighted by molar-refractivity contribution is 6.18. The molecule has 0 saturated carbocycles. The van der Waals surface area contributed by atoms with E-state index in [1.807, 2.05) is 0 Å². The minimum absolute atomic E-state index is 0.113. The molecule has 0 aliphatic carbocycles. The van der Waals surface area contributed by atoms with Crippen molar-refractivity contribution in [2.24, 2.45) is 5.92 Å². The van der Waals surface area contributed by atoms with E-state index in [9.17, 15) is 14.4 Å². The summed E-state index contributed by atoms with van der Waals surface area (Å²) in [6, 6.07) is 0. The van der Waals surface area contributed by atoms with Gasteiger partial charge in [0.25, 0.3) is 0 Å². The second-order valence-electron chi connectivity index (χ2n) is 2.30. The van der Waals surface area contributed by atoms with E-state index in [1.54, 1.807) is 0 Å². The number of Topliss-reactive ketones (excluding diaryl/α,β-unsaturated/α-hetero) is 1. The predicted molar refractivity (Wildman–Crippen MR) is 35.3 cm³/mol. The molecule has 0 atom stereocenters. The molecule has 0 bridgehead atoms. The molecular formula is C6H8N2O3. The first-order chi connectivity index (χ1) is 5.13. The molecule has 0 unspecified atom stereocenters. The minimum Gasteiger partial charge on any atom is -0.338 e. The van der Waals surface area contributed by atoms with Gasteiger partial charge in [-0.3, -0.25) is 14.4 Å². The van der Waals surface area contributed by atoms with E-state index in [4.69, 9.17) is 0 Å². The lowest BCUT2D eigenvalue weighted by molar-refractivity contribution is -0.143. The molecule has 1 aliphatic rings. The molecule has 1 fully saturated rings. The first kappa shape index (κ1) is 7.71. The summed E-state index contributed by atoms with van der Waals surface area (Å²) in [6.45, 7) is 1.33. The first-order valence-corrected chi connectivity index (χ1v) is 3.19. The molecule has 0 aromatic carbocycles. The highest BCUT2D eigenvalue weighted by Gasteiger charge is 2.33. The standard InChI is InChI=1S/C6H8N2O3/c1-3(9)4-5(10)7-2-8-6(4)11/h4H,2H2,1H3,(H,7,10)(H,8,11). The number of carbonyl (C=O) groups excluding carboxylic acids is 3. The van der Waals surface area contributed by atoms with Crippen LogP contribution in [0.3, 0.4) is 0 Å². The Labute approximate surface area is 63.1 Å². The second-order valence-corrected chi connectivity index (χ2v) is 2.30. The Hall–Kier alpha value is -1.39. The molecule has 2 N–H and O–H groups in total. The van der Waals surface area contributed by atoms with Crippen molar-refractivity contribution in [3.63, 3.8) is 0 Å². The fourth-order valence-electron chi connectivity index (χ4n) is 0.911. The number of nitrogens with one attached hydrogen (secondary N) is 2. The molecule has 0 radical (unpaired) electrons. The summed E-state index contributed by atoms with van der Waals surface area (Å²) < 4.78 is 0. The van der Waals surface area contributed by atoms with Crippen LogP contribution in [0.2, 0.25) is 0 Å². The van der Waals surface area contributed by atoms with Crippen LogP contribution in [0.15, 0.2) is 0 Å². The zero-order valence-corrected chi connectivity index (χ0v) is 6.01. The third-order valence-corrected chi connectivity index (χ3v) is 1.46. The van der Waals surface area contributed by atoms with E-state index >= 15 is 0 Å². The Morgan fingerprint density at radius 3 is 2.09 bits per heavy atom. The van der Waals surface area contributed by atoms with Crippen LogP contribution in [0.25, 0.3) is 0 Å². The monoisotopic (exact) mass is 156 g/mol. The SMILES string of the molecule is CC(=O)C1C(=O)NCNC1=O. The van der Waals surface area contributed by atoms with Crippen LogP contribution in [-0.2, 0) is 14.4 Å². The largest absolute Gasteiger partial charge is 0.338 e. The third-order valence-electron chi connectivity index (χ3n) is 1.46. The normalized spacial score (nSPS) is 19.0. The fourth-order valence-corrected chi connectivity index (χ4v) is 0.911. The van der Waals surface area contributed by atoms with Gasteiger partial charge < -0.3 is 10.6 Å². The number of hydrogen-bond donors (Lipinski definition) is 2. The van der Waals surface area contributed by atoms with Crippen LogP contribution < -0.4 is 10.6 Å². The average molecular weight is 156 g/mol. The van der Waals surface area contributed by atoms with Crippen LogP contribution in [-0.4, -0.2) is 24.3 Å². The fraction of sp³-hybridized carbons (Fsp3) is 0.500. The molecule has 1 aliphatic heterocycles. The lowest BCUT2D eigenvalue weighted by Crippen LogP contribution is -2.54. The maximum absolute atomic E-state index is 10.9. The maximum atomic E-state index is 10.9. The summed E-state index contributed by atoms with van der Waals surface area (Å²) in [6.07, 6.45) is 0. The van der Waals surface area contributed by atoms with Gasteiger partial charge in [0.15, 0.2) is 11.7 Å². The van der Waals surface area contributed by atoms with E-state index < -0.39 is 23.5 Å². The van der Waals surface area contributed by atoms with Crippen molar-refractivity contribution in [2.45, 2.75) is 6.92 Å². The summed E-state index contributed by atoms with van der Waals surface area (Å²) in [4.78, 5) is 32.4. The molecule has 1 heterocycles. The molecule has 11 heavy (non-hydrogen) atoms. The van der Waals surface area contributed by atoms with Crippen molar-refractivity contribution in [3.05, 3.63) is 0 Å². The Kier molecular flexibility index (Phi) is 1.89. The van der Waals surface area contributed by atoms with E-state index in [2.05, 4.69) is 10.6 Å². The van der Waals surface area contributed by atoms with Gasteiger partial charge in [0.2, 0.25) is 11.8 Å². The van der Waals surface area contributed by atoms with Gasteiger partial charge in [0, 0.05) is 0 Å². The van der Waals surface area contributed by atoms with Crippen molar-refractivity contribution in [1.82, 2.24) is 10.6 Å². The molecule has 2 amide bonds. The molecule has 5 heteroatoms. The van der Waals surface area contributed by atoms with Crippen molar-refractivity contribution >= 4 is 17.6 Å². The number of ketones is 1. The van der Waals surface area contributed by atoms with E-state index in [0.717, 1.165) is 0 Å². The molecule has 1 saturated heterocycles. The topological polar surface area (TPSA) is 75.3 Å². The lowest BCUT2D eigenvalue weighted by atomic mass is 10.0. The third kappa shape index (κ3) is 1.36. The van der Waals surface area contributed by atoms with Crippen molar-refractivity contribution in [1.29, 1.82) is 0 Å². The van der Waals surface area contributed by atoms with Crippen molar-refractivity contribution in [3.8, 4) is 0 Å². The summed E-state index contributed by atoms with van der Waals surface area (Å²) in [5, 5.41) is 4.70. The smallest absolute Gasteiger partial charge is 0.241 e. The second kappa shape index (κ2) is 2.69. The predicted octanol–water partition coefficient (Wildman–Crippen LogP) is -1.60. The van der Waals surface area contributed by atoms with Crippen LogP contribution in [0.4, 0.5) is 0 Å². The van der Waals surface area contributed by atoms with Gasteiger partial charge >= 0.3 is 0 Å². The summed E-state index contributed by atoms with van der Waals surface area (Å²) in [5.74, 6) is -2.61. The lowest BCUT2D eigenvalue weighted by Gasteiger charge is -2.19. The Balaban J connectivity index is 2.79. The van der Waals surface area contributed by atoms with Gasteiger partial charge in [-0.15, -0.1) is 0 Å². The Morgan fingerprint density at radius 1 is 1.36 bits per heavy atom. The minimum atomic E-state index is -1.15. The van der Waals surface area contributed by atoms with E-state index in [-0.39, 0.29) is 6.67 Å². The van der Waals surface area contributed by atoms with Crippen molar-refractivity contribution in [2.75, 3.05) is 6.67 Å². The Bertz CT molecular complexity index is 208. The number of amides is 2. The van der Waals surface area contributed by atoms with Gasteiger partial charge in [-0.1, -0.05) is 0 Å². The molecule has 0 aromatic heterocycles. The number of hydrogen-bond acceptors (Lipinski definition) is 3. The van der Waals surface area contributed by atoms with Crippen LogP contribution >= 0.6 is 0 Å². The summed E-state index contributed by atoms with van der Waals surface area (Å²) in [5.41, 5.74) is 0. The molecular weight excluding hydrogens is 148 g/mol.